The number of aromatic nitrogens is 2. The van der Waals surface area contributed by atoms with E-state index in [1.807, 2.05) is 32.8 Å². The van der Waals surface area contributed by atoms with Gasteiger partial charge in [-0.15, -0.1) is 12.4 Å². The van der Waals surface area contributed by atoms with Crippen molar-refractivity contribution in [3.05, 3.63) is 11.4 Å². The number of hydrogen-bond donors (Lipinski definition) is 1. The van der Waals surface area contributed by atoms with Crippen molar-refractivity contribution in [1.82, 2.24) is 20.0 Å². The van der Waals surface area contributed by atoms with Gasteiger partial charge in [-0.05, 0) is 46.2 Å². The monoisotopic (exact) mass is 330 g/mol. The quantitative estimate of drug-likeness (QED) is 0.884. The van der Waals surface area contributed by atoms with Crippen molar-refractivity contribution in [3.63, 3.8) is 0 Å². The highest BCUT2D eigenvalue weighted by atomic mass is 35.5. The summed E-state index contributed by atoms with van der Waals surface area (Å²) >= 11 is 0. The SMILES string of the molecule is CNCC1CCN(C(=O)COc2c(C)nn(C)c2C)CC1.Cl. The molecule has 1 saturated heterocycles. The number of rotatable bonds is 5. The molecule has 126 valence electrons. The van der Waals surface area contributed by atoms with Crippen molar-refractivity contribution in [3.8, 4) is 5.75 Å². The van der Waals surface area contributed by atoms with Crippen molar-refractivity contribution in [1.29, 1.82) is 0 Å². The van der Waals surface area contributed by atoms with Gasteiger partial charge in [0.05, 0.1) is 5.69 Å². The van der Waals surface area contributed by atoms with Crippen molar-refractivity contribution >= 4 is 18.3 Å². The van der Waals surface area contributed by atoms with E-state index < -0.39 is 0 Å². The number of aryl methyl sites for hydroxylation is 2. The van der Waals surface area contributed by atoms with Gasteiger partial charge in [0.2, 0.25) is 0 Å². The summed E-state index contributed by atoms with van der Waals surface area (Å²) in [5.41, 5.74) is 1.78. The van der Waals surface area contributed by atoms with Gasteiger partial charge in [0.25, 0.3) is 5.91 Å². The number of nitrogens with one attached hydrogen (secondary N) is 1. The number of ether oxygens (including phenoxy) is 1. The summed E-state index contributed by atoms with van der Waals surface area (Å²) in [4.78, 5) is 14.1. The maximum atomic E-state index is 12.2. The fraction of sp³-hybridized carbons (Fsp3) is 0.733. The zero-order chi connectivity index (χ0) is 15.4. The summed E-state index contributed by atoms with van der Waals surface area (Å²) in [6, 6.07) is 0. The minimum absolute atomic E-state index is 0. The van der Waals surface area contributed by atoms with Crippen LogP contribution in [0.25, 0.3) is 0 Å². The van der Waals surface area contributed by atoms with E-state index in [1.54, 1.807) is 4.68 Å². The van der Waals surface area contributed by atoms with Gasteiger partial charge in [0.15, 0.2) is 12.4 Å². The third-order valence-electron chi connectivity index (χ3n) is 4.24. The number of piperidine rings is 1. The number of amides is 1. The maximum absolute atomic E-state index is 12.2. The van der Waals surface area contributed by atoms with Crippen LogP contribution < -0.4 is 10.1 Å². The lowest BCUT2D eigenvalue weighted by atomic mass is 9.97. The van der Waals surface area contributed by atoms with Crippen LogP contribution in [0, 0.1) is 19.8 Å². The fourth-order valence-electron chi connectivity index (χ4n) is 2.86. The summed E-state index contributed by atoms with van der Waals surface area (Å²) < 4.78 is 7.47. The summed E-state index contributed by atoms with van der Waals surface area (Å²) in [6.45, 7) is 6.65. The van der Waals surface area contributed by atoms with Gasteiger partial charge >= 0.3 is 0 Å². The molecule has 7 heteroatoms. The first-order chi connectivity index (χ1) is 10.0. The van der Waals surface area contributed by atoms with Gasteiger partial charge in [-0.2, -0.15) is 5.10 Å². The number of carbonyl (C=O) groups excluding carboxylic acids is 1. The third kappa shape index (κ3) is 4.36. The molecule has 1 N–H and O–H groups in total. The molecule has 6 nitrogen and oxygen atoms in total. The Balaban J connectivity index is 0.00000242. The van der Waals surface area contributed by atoms with Crippen LogP contribution >= 0.6 is 12.4 Å². The summed E-state index contributed by atoms with van der Waals surface area (Å²) in [5, 5.41) is 7.50. The lowest BCUT2D eigenvalue weighted by Gasteiger charge is -2.31. The highest BCUT2D eigenvalue weighted by Crippen LogP contribution is 2.22. The average molecular weight is 331 g/mol. The molecule has 0 saturated carbocycles. The predicted molar refractivity (Wildman–Crippen MR) is 88.7 cm³/mol. The lowest BCUT2D eigenvalue weighted by Crippen LogP contribution is -2.42. The molecule has 1 aliphatic rings. The summed E-state index contributed by atoms with van der Waals surface area (Å²) in [6.07, 6.45) is 2.13. The van der Waals surface area contributed by atoms with Crippen LogP contribution in [0.4, 0.5) is 0 Å². The Hall–Kier alpha value is -1.27. The van der Waals surface area contributed by atoms with E-state index in [4.69, 9.17) is 4.74 Å². The van der Waals surface area contributed by atoms with E-state index in [-0.39, 0.29) is 24.9 Å². The third-order valence-corrected chi connectivity index (χ3v) is 4.24. The van der Waals surface area contributed by atoms with E-state index in [2.05, 4.69) is 10.4 Å². The molecular formula is C15H27ClN4O2. The number of halogens is 1. The normalized spacial score (nSPS) is 15.5. The molecule has 1 fully saturated rings. The van der Waals surface area contributed by atoms with Crippen molar-refractivity contribution < 1.29 is 9.53 Å². The molecule has 0 atom stereocenters. The minimum atomic E-state index is 0. The smallest absolute Gasteiger partial charge is 0.260 e. The molecule has 2 rings (SSSR count). The van der Waals surface area contributed by atoms with E-state index in [0.29, 0.717) is 5.92 Å². The zero-order valence-electron chi connectivity index (χ0n) is 13.9. The van der Waals surface area contributed by atoms with Gasteiger partial charge in [0.1, 0.15) is 5.69 Å². The largest absolute Gasteiger partial charge is 0.480 e. The Bertz CT molecular complexity index is 496. The van der Waals surface area contributed by atoms with Crippen LogP contribution in [0.3, 0.4) is 0 Å². The Labute approximate surface area is 138 Å². The van der Waals surface area contributed by atoms with Crippen LogP contribution in [0.5, 0.6) is 5.75 Å². The molecule has 2 heterocycles. The molecule has 0 aromatic carbocycles. The Morgan fingerprint density at radius 3 is 2.50 bits per heavy atom. The van der Waals surface area contributed by atoms with Crippen LogP contribution in [-0.4, -0.2) is 53.9 Å². The molecule has 0 spiro atoms. The van der Waals surface area contributed by atoms with Crippen LogP contribution in [0.1, 0.15) is 24.2 Å². The topological polar surface area (TPSA) is 59.4 Å². The molecular weight excluding hydrogens is 304 g/mol. The van der Waals surface area contributed by atoms with Gasteiger partial charge in [-0.25, -0.2) is 0 Å². The highest BCUT2D eigenvalue weighted by molar-refractivity contribution is 5.85. The van der Waals surface area contributed by atoms with Crippen LogP contribution in [0.15, 0.2) is 0 Å². The first-order valence-electron chi connectivity index (χ1n) is 7.58. The first-order valence-corrected chi connectivity index (χ1v) is 7.58. The summed E-state index contributed by atoms with van der Waals surface area (Å²) in [7, 11) is 3.85. The predicted octanol–water partition coefficient (Wildman–Crippen LogP) is 1.30. The molecule has 1 amide bonds. The van der Waals surface area contributed by atoms with Crippen molar-refractivity contribution in [2.45, 2.75) is 26.7 Å². The molecule has 0 unspecified atom stereocenters. The molecule has 0 radical (unpaired) electrons. The molecule has 22 heavy (non-hydrogen) atoms. The standard InChI is InChI=1S/C15H26N4O2.ClH/c1-11-15(12(2)18(4)17-11)21-10-14(20)19-7-5-13(6-8-19)9-16-3;/h13,16H,5-10H2,1-4H3;1H. The second-order valence-corrected chi connectivity index (χ2v) is 5.79. The molecule has 1 aromatic heterocycles. The molecule has 1 aliphatic heterocycles. The van der Waals surface area contributed by atoms with Crippen molar-refractivity contribution in [2.75, 3.05) is 33.3 Å². The van der Waals surface area contributed by atoms with Gasteiger partial charge in [-0.3, -0.25) is 9.48 Å². The number of carbonyl (C=O) groups is 1. The Morgan fingerprint density at radius 2 is 2.00 bits per heavy atom. The number of likely N-dealkylation sites (tertiary alicyclic amines) is 1. The lowest BCUT2D eigenvalue weighted by molar-refractivity contribution is -0.134. The first kappa shape index (κ1) is 18.8. The second kappa shape index (κ2) is 8.39. The zero-order valence-corrected chi connectivity index (χ0v) is 14.7. The molecule has 0 aliphatic carbocycles. The molecule has 1 aromatic rings. The minimum Gasteiger partial charge on any atom is -0.480 e. The second-order valence-electron chi connectivity index (χ2n) is 5.79. The van der Waals surface area contributed by atoms with Crippen LogP contribution in [-0.2, 0) is 11.8 Å². The van der Waals surface area contributed by atoms with Gasteiger partial charge in [-0.1, -0.05) is 0 Å². The van der Waals surface area contributed by atoms with Crippen LogP contribution in [0.2, 0.25) is 0 Å². The number of hydrogen-bond acceptors (Lipinski definition) is 4. The van der Waals surface area contributed by atoms with E-state index in [0.717, 1.165) is 49.6 Å². The van der Waals surface area contributed by atoms with E-state index in [1.165, 1.54) is 0 Å². The Kier molecular flexibility index (Phi) is 7.16. The average Bonchev–Trinajstić information content (AvgIpc) is 2.71. The fourth-order valence-corrected chi connectivity index (χ4v) is 2.86. The van der Waals surface area contributed by atoms with Crippen molar-refractivity contribution in [2.24, 2.45) is 13.0 Å². The highest BCUT2D eigenvalue weighted by Gasteiger charge is 2.23. The van der Waals surface area contributed by atoms with E-state index in [9.17, 15) is 4.79 Å². The van der Waals surface area contributed by atoms with E-state index >= 15 is 0 Å². The summed E-state index contributed by atoms with van der Waals surface area (Å²) in [5.74, 6) is 1.49. The van der Waals surface area contributed by atoms with Gasteiger partial charge in [0, 0.05) is 20.1 Å². The molecule has 0 bridgehead atoms. The Morgan fingerprint density at radius 1 is 1.36 bits per heavy atom. The number of nitrogens with zero attached hydrogens (tertiary/aromatic N) is 3. The maximum Gasteiger partial charge on any atom is 0.260 e. The van der Waals surface area contributed by atoms with Gasteiger partial charge < -0.3 is 15.0 Å².